The first-order valence-corrected chi connectivity index (χ1v) is 9.74. The highest BCUT2D eigenvalue weighted by Crippen LogP contribution is 2.36. The zero-order valence-electron chi connectivity index (χ0n) is 15.7. The molecule has 0 aliphatic heterocycles. The van der Waals surface area contributed by atoms with Crippen LogP contribution in [-0.4, -0.2) is 25.3 Å². The quantitative estimate of drug-likeness (QED) is 0.436. The van der Waals surface area contributed by atoms with Crippen LogP contribution < -0.4 is 15.4 Å². The molecular formula is C21H20N2O3S2. The molecule has 3 rings (SSSR count). The van der Waals surface area contributed by atoms with Gasteiger partial charge in [-0.1, -0.05) is 30.3 Å². The van der Waals surface area contributed by atoms with Gasteiger partial charge in [-0.15, -0.1) is 11.3 Å². The number of ether oxygens (including phenoxy) is 2. The molecule has 0 amide bonds. The van der Waals surface area contributed by atoms with Crippen molar-refractivity contribution in [2.75, 3.05) is 24.9 Å². The molecule has 0 spiro atoms. The van der Waals surface area contributed by atoms with E-state index in [0.29, 0.717) is 15.7 Å². The topological polar surface area (TPSA) is 59.6 Å². The van der Waals surface area contributed by atoms with Crippen LogP contribution in [0.25, 0.3) is 10.4 Å². The summed E-state index contributed by atoms with van der Waals surface area (Å²) in [5.74, 6) is 0.366. The normalized spacial score (nSPS) is 10.2. The zero-order chi connectivity index (χ0) is 20.1. The minimum atomic E-state index is -0.413. The Morgan fingerprint density at radius 1 is 1.04 bits per heavy atom. The first kappa shape index (κ1) is 19.9. The molecule has 1 aromatic heterocycles. The maximum absolute atomic E-state index is 12.2. The molecule has 0 aliphatic carbocycles. The monoisotopic (exact) mass is 412 g/mol. The van der Waals surface area contributed by atoms with E-state index in [1.54, 1.807) is 7.11 Å². The van der Waals surface area contributed by atoms with E-state index in [1.165, 1.54) is 18.4 Å². The highest BCUT2D eigenvalue weighted by molar-refractivity contribution is 7.80. The summed E-state index contributed by atoms with van der Waals surface area (Å²) in [6.07, 6.45) is 0. The number of hydrogen-bond acceptors (Lipinski definition) is 5. The Morgan fingerprint density at radius 3 is 2.43 bits per heavy atom. The van der Waals surface area contributed by atoms with Gasteiger partial charge in [0.25, 0.3) is 0 Å². The van der Waals surface area contributed by atoms with E-state index in [-0.39, 0.29) is 0 Å². The van der Waals surface area contributed by atoms with Gasteiger partial charge < -0.3 is 20.1 Å². The van der Waals surface area contributed by atoms with E-state index in [0.717, 1.165) is 27.4 Å². The van der Waals surface area contributed by atoms with Crippen molar-refractivity contribution in [3.05, 3.63) is 65.7 Å². The van der Waals surface area contributed by atoms with E-state index >= 15 is 0 Å². The van der Waals surface area contributed by atoms with Crippen molar-refractivity contribution in [1.29, 1.82) is 0 Å². The summed E-state index contributed by atoms with van der Waals surface area (Å²) in [4.78, 5) is 13.2. The number of carbonyl (C=O) groups is 1. The van der Waals surface area contributed by atoms with Gasteiger partial charge in [-0.2, -0.15) is 0 Å². The number of rotatable bonds is 5. The average molecular weight is 413 g/mol. The van der Waals surface area contributed by atoms with Crippen LogP contribution in [0.4, 0.5) is 10.7 Å². The lowest BCUT2D eigenvalue weighted by Crippen LogP contribution is -2.20. The van der Waals surface area contributed by atoms with Gasteiger partial charge in [-0.3, -0.25) is 0 Å². The molecule has 5 nitrogen and oxygen atoms in total. The predicted octanol–water partition coefficient (Wildman–Crippen LogP) is 5.33. The van der Waals surface area contributed by atoms with E-state index in [2.05, 4.69) is 10.6 Å². The Kier molecular flexibility index (Phi) is 6.28. The molecule has 0 atom stereocenters. The number of thiocarbonyl (C=S) groups is 1. The third-order valence-corrected chi connectivity index (χ3v) is 5.41. The second-order valence-corrected chi connectivity index (χ2v) is 7.43. The van der Waals surface area contributed by atoms with Crippen molar-refractivity contribution >= 4 is 45.3 Å². The fraction of sp³-hybridized carbons (Fsp3) is 0.143. The lowest BCUT2D eigenvalue weighted by Gasteiger charge is -2.13. The minimum absolute atomic E-state index is 0.389. The number of nitrogens with one attached hydrogen (secondary N) is 2. The van der Waals surface area contributed by atoms with E-state index in [4.69, 9.17) is 21.7 Å². The Morgan fingerprint density at radius 2 is 1.79 bits per heavy atom. The van der Waals surface area contributed by atoms with Gasteiger partial charge in [0, 0.05) is 10.6 Å². The second kappa shape index (κ2) is 8.86. The van der Waals surface area contributed by atoms with Gasteiger partial charge in [0.1, 0.15) is 10.8 Å². The molecule has 1 heterocycles. The van der Waals surface area contributed by atoms with E-state index < -0.39 is 5.97 Å². The van der Waals surface area contributed by atoms with Crippen molar-refractivity contribution < 1.29 is 14.3 Å². The Labute approximate surface area is 173 Å². The lowest BCUT2D eigenvalue weighted by molar-refractivity contribution is 0.0602. The number of hydrogen-bond donors (Lipinski definition) is 2. The van der Waals surface area contributed by atoms with Gasteiger partial charge in [-0.05, 0) is 54.5 Å². The molecule has 0 aliphatic rings. The maximum Gasteiger partial charge on any atom is 0.340 e. The second-order valence-electron chi connectivity index (χ2n) is 5.97. The molecule has 3 aromatic rings. The highest BCUT2D eigenvalue weighted by atomic mass is 32.1. The standard InChI is InChI=1S/C21H20N2O3S2/c1-13-11-15(25-2)9-10-17(13)22-21(27)23-19-16(20(24)26-3)12-18(28-19)14-7-5-4-6-8-14/h4-12H,1-3H3,(H2,22,23,27). The van der Waals surface area contributed by atoms with Gasteiger partial charge in [0.05, 0.1) is 19.8 Å². The largest absolute Gasteiger partial charge is 0.497 e. The Hall–Kier alpha value is -2.90. The van der Waals surface area contributed by atoms with Crippen LogP contribution in [0.1, 0.15) is 15.9 Å². The van der Waals surface area contributed by atoms with Crippen LogP contribution >= 0.6 is 23.6 Å². The first-order valence-electron chi connectivity index (χ1n) is 8.52. The number of thiophene rings is 1. The van der Waals surface area contributed by atoms with Gasteiger partial charge in [0.15, 0.2) is 5.11 Å². The predicted molar refractivity (Wildman–Crippen MR) is 119 cm³/mol. The van der Waals surface area contributed by atoms with E-state index in [9.17, 15) is 4.79 Å². The van der Waals surface area contributed by atoms with Gasteiger partial charge in [-0.25, -0.2) is 4.79 Å². The Balaban J connectivity index is 1.83. The molecule has 2 aromatic carbocycles. The summed E-state index contributed by atoms with van der Waals surface area (Å²) in [5, 5.41) is 7.31. The Bertz CT molecular complexity index is 1000. The number of carbonyl (C=O) groups excluding carboxylic acids is 1. The molecule has 0 fully saturated rings. The SMILES string of the molecule is COC(=O)c1cc(-c2ccccc2)sc1NC(=S)Nc1ccc(OC)cc1C. The van der Waals surface area contributed by atoms with Crippen molar-refractivity contribution in [2.24, 2.45) is 0 Å². The molecule has 0 bridgehead atoms. The van der Waals surface area contributed by atoms with Crippen molar-refractivity contribution in [3.63, 3.8) is 0 Å². The first-order chi connectivity index (χ1) is 13.5. The zero-order valence-corrected chi connectivity index (χ0v) is 17.4. The number of aryl methyl sites for hydroxylation is 1. The smallest absolute Gasteiger partial charge is 0.340 e. The summed E-state index contributed by atoms with van der Waals surface area (Å²) >= 11 is 6.89. The maximum atomic E-state index is 12.2. The van der Waals surface area contributed by atoms with Crippen LogP contribution in [0.15, 0.2) is 54.6 Å². The van der Waals surface area contributed by atoms with Crippen LogP contribution in [0.5, 0.6) is 5.75 Å². The molecule has 0 radical (unpaired) electrons. The molecule has 144 valence electrons. The van der Waals surface area contributed by atoms with Crippen molar-refractivity contribution in [1.82, 2.24) is 0 Å². The molecule has 2 N–H and O–H groups in total. The van der Waals surface area contributed by atoms with Crippen LogP contribution in [-0.2, 0) is 4.74 Å². The van der Waals surface area contributed by atoms with Crippen LogP contribution in [0.3, 0.4) is 0 Å². The van der Waals surface area contributed by atoms with Crippen LogP contribution in [0.2, 0.25) is 0 Å². The molecule has 0 saturated carbocycles. The molecule has 0 saturated heterocycles. The number of methoxy groups -OCH3 is 2. The van der Waals surface area contributed by atoms with Crippen LogP contribution in [0, 0.1) is 6.92 Å². The van der Waals surface area contributed by atoms with Crippen molar-refractivity contribution in [2.45, 2.75) is 6.92 Å². The van der Waals surface area contributed by atoms with E-state index in [1.807, 2.05) is 61.5 Å². The highest BCUT2D eigenvalue weighted by Gasteiger charge is 2.18. The summed E-state index contributed by atoms with van der Waals surface area (Å²) in [6.45, 7) is 1.96. The summed E-state index contributed by atoms with van der Waals surface area (Å²) in [6, 6.07) is 17.3. The molecule has 28 heavy (non-hydrogen) atoms. The number of esters is 1. The number of anilines is 2. The fourth-order valence-electron chi connectivity index (χ4n) is 2.65. The summed E-state index contributed by atoms with van der Waals surface area (Å²) in [5.41, 5.74) is 3.32. The average Bonchev–Trinajstić information content (AvgIpc) is 3.13. The van der Waals surface area contributed by atoms with Crippen molar-refractivity contribution in [3.8, 4) is 16.2 Å². The summed E-state index contributed by atoms with van der Waals surface area (Å²) in [7, 11) is 2.99. The minimum Gasteiger partial charge on any atom is -0.497 e. The van der Waals surface area contributed by atoms with Gasteiger partial charge >= 0.3 is 5.97 Å². The molecular weight excluding hydrogens is 392 g/mol. The van der Waals surface area contributed by atoms with Gasteiger partial charge in [0.2, 0.25) is 0 Å². The third kappa shape index (κ3) is 4.49. The number of benzene rings is 2. The summed E-state index contributed by atoms with van der Waals surface area (Å²) < 4.78 is 10.1. The third-order valence-electron chi connectivity index (χ3n) is 4.10. The molecule has 7 heteroatoms. The fourth-order valence-corrected chi connectivity index (χ4v) is 3.98. The molecule has 0 unspecified atom stereocenters. The lowest BCUT2D eigenvalue weighted by atomic mass is 10.1.